The summed E-state index contributed by atoms with van der Waals surface area (Å²) < 4.78 is 13.3. The Morgan fingerprint density at radius 2 is 2.06 bits per heavy atom. The Hall–Kier alpha value is -2.28. The van der Waals surface area contributed by atoms with Gasteiger partial charge >= 0.3 is 0 Å². The number of halogens is 1. The Morgan fingerprint density at radius 1 is 1.29 bits per heavy atom. The summed E-state index contributed by atoms with van der Waals surface area (Å²) in [6, 6.07) is 3.66. The molecule has 0 saturated carbocycles. The van der Waals surface area contributed by atoms with Crippen molar-refractivity contribution in [3.63, 3.8) is 0 Å². The van der Waals surface area contributed by atoms with Crippen LogP contribution in [0.4, 0.5) is 16.2 Å². The summed E-state index contributed by atoms with van der Waals surface area (Å²) in [6.45, 7) is 0.445. The van der Waals surface area contributed by atoms with E-state index in [1.54, 1.807) is 12.4 Å². The molecule has 0 amide bonds. The fourth-order valence-corrected chi connectivity index (χ4v) is 1.25. The summed E-state index contributed by atoms with van der Waals surface area (Å²) >= 11 is 0. The highest BCUT2D eigenvalue weighted by molar-refractivity contribution is 5.41. The molecule has 7 heteroatoms. The highest BCUT2D eigenvalue weighted by atomic mass is 19.1. The van der Waals surface area contributed by atoms with Gasteiger partial charge in [-0.1, -0.05) is 0 Å². The average molecular weight is 234 g/mol. The molecule has 2 aromatic rings. The molecule has 0 atom stereocenters. The molecule has 0 unspecified atom stereocenters. The maximum atomic E-state index is 13.3. The SMILES string of the molecule is NNc1ncc(F)c(NCc2ccncc2)n1. The van der Waals surface area contributed by atoms with Crippen LogP contribution in [0.5, 0.6) is 0 Å². The second-order valence-corrected chi connectivity index (χ2v) is 3.24. The number of pyridine rings is 1. The lowest BCUT2D eigenvalue weighted by Gasteiger charge is -2.07. The van der Waals surface area contributed by atoms with E-state index in [-0.39, 0.29) is 11.8 Å². The maximum absolute atomic E-state index is 13.3. The summed E-state index contributed by atoms with van der Waals surface area (Å²) in [5.41, 5.74) is 3.23. The van der Waals surface area contributed by atoms with Crippen LogP contribution in [0.25, 0.3) is 0 Å². The molecule has 0 radical (unpaired) electrons. The normalized spacial score (nSPS) is 10.0. The van der Waals surface area contributed by atoms with Crippen LogP contribution in [0.3, 0.4) is 0 Å². The monoisotopic (exact) mass is 234 g/mol. The van der Waals surface area contributed by atoms with Crippen molar-refractivity contribution in [1.82, 2.24) is 15.0 Å². The van der Waals surface area contributed by atoms with Crippen LogP contribution in [-0.2, 0) is 6.54 Å². The molecule has 0 saturated heterocycles. The van der Waals surface area contributed by atoms with Crippen LogP contribution >= 0.6 is 0 Å². The van der Waals surface area contributed by atoms with Gasteiger partial charge in [-0.25, -0.2) is 15.2 Å². The topological polar surface area (TPSA) is 88.8 Å². The number of anilines is 2. The molecule has 0 aliphatic rings. The molecule has 2 heterocycles. The molecule has 4 N–H and O–H groups in total. The van der Waals surface area contributed by atoms with E-state index in [1.165, 1.54) is 0 Å². The van der Waals surface area contributed by atoms with Crippen molar-refractivity contribution >= 4 is 11.8 Å². The van der Waals surface area contributed by atoms with Crippen LogP contribution in [0.15, 0.2) is 30.7 Å². The van der Waals surface area contributed by atoms with Crippen molar-refractivity contribution in [3.8, 4) is 0 Å². The first kappa shape index (κ1) is 11.2. The minimum Gasteiger partial charge on any atom is -0.363 e. The molecule has 0 aromatic carbocycles. The van der Waals surface area contributed by atoms with Crippen molar-refractivity contribution in [3.05, 3.63) is 42.1 Å². The number of rotatable bonds is 4. The lowest BCUT2D eigenvalue weighted by molar-refractivity contribution is 0.617. The summed E-state index contributed by atoms with van der Waals surface area (Å²) in [6.07, 6.45) is 4.39. The van der Waals surface area contributed by atoms with Gasteiger partial charge in [0, 0.05) is 18.9 Å². The molecule has 2 aromatic heterocycles. The number of nitrogens with two attached hydrogens (primary N) is 1. The highest BCUT2D eigenvalue weighted by Crippen LogP contribution is 2.12. The molecule has 0 aliphatic heterocycles. The Kier molecular flexibility index (Phi) is 3.41. The van der Waals surface area contributed by atoms with E-state index in [0.29, 0.717) is 6.54 Å². The number of nitrogens with zero attached hydrogens (tertiary/aromatic N) is 3. The largest absolute Gasteiger partial charge is 0.363 e. The Morgan fingerprint density at radius 3 is 2.76 bits per heavy atom. The van der Waals surface area contributed by atoms with Gasteiger partial charge in [-0.3, -0.25) is 10.4 Å². The number of hydrogen-bond donors (Lipinski definition) is 3. The average Bonchev–Trinajstić information content (AvgIpc) is 2.39. The quantitative estimate of drug-likeness (QED) is 0.538. The standard InChI is InChI=1S/C10H11FN6/c11-8-6-15-10(17-12)16-9(8)14-5-7-1-3-13-4-2-7/h1-4,6H,5,12H2,(H2,14,15,16,17). The minimum absolute atomic E-state index is 0.102. The number of hydrogen-bond acceptors (Lipinski definition) is 6. The van der Waals surface area contributed by atoms with Crippen LogP contribution in [0.2, 0.25) is 0 Å². The zero-order chi connectivity index (χ0) is 12.1. The summed E-state index contributed by atoms with van der Waals surface area (Å²) in [5.74, 6) is 4.87. The second kappa shape index (κ2) is 5.17. The smallest absolute Gasteiger partial charge is 0.239 e. The van der Waals surface area contributed by atoms with Crippen molar-refractivity contribution in [2.75, 3.05) is 10.7 Å². The van der Waals surface area contributed by atoms with Crippen molar-refractivity contribution in [1.29, 1.82) is 0 Å². The van der Waals surface area contributed by atoms with Gasteiger partial charge in [-0.15, -0.1) is 0 Å². The van der Waals surface area contributed by atoms with Gasteiger partial charge in [0.25, 0.3) is 0 Å². The predicted octanol–water partition coefficient (Wildman–Crippen LogP) is 0.908. The number of nitrogen functional groups attached to an aromatic ring is 1. The fraction of sp³-hybridized carbons (Fsp3) is 0.100. The molecule has 6 nitrogen and oxygen atoms in total. The minimum atomic E-state index is -0.530. The van der Waals surface area contributed by atoms with E-state index in [4.69, 9.17) is 5.84 Å². The van der Waals surface area contributed by atoms with Gasteiger partial charge < -0.3 is 5.32 Å². The van der Waals surface area contributed by atoms with Crippen molar-refractivity contribution in [2.45, 2.75) is 6.54 Å². The second-order valence-electron chi connectivity index (χ2n) is 3.24. The van der Waals surface area contributed by atoms with Gasteiger partial charge in [0.15, 0.2) is 11.6 Å². The third kappa shape index (κ3) is 2.85. The molecule has 17 heavy (non-hydrogen) atoms. The maximum Gasteiger partial charge on any atom is 0.239 e. The Balaban J connectivity index is 2.08. The van der Waals surface area contributed by atoms with E-state index in [1.807, 2.05) is 12.1 Å². The van der Waals surface area contributed by atoms with Gasteiger partial charge in [-0.05, 0) is 17.7 Å². The first-order valence-corrected chi connectivity index (χ1v) is 4.91. The van der Waals surface area contributed by atoms with E-state index < -0.39 is 5.82 Å². The Labute approximate surface area is 97.1 Å². The van der Waals surface area contributed by atoms with Crippen molar-refractivity contribution in [2.24, 2.45) is 5.84 Å². The van der Waals surface area contributed by atoms with Crippen LogP contribution < -0.4 is 16.6 Å². The third-order valence-electron chi connectivity index (χ3n) is 2.08. The predicted molar refractivity (Wildman–Crippen MR) is 61.4 cm³/mol. The van der Waals surface area contributed by atoms with Crippen LogP contribution in [-0.4, -0.2) is 15.0 Å². The number of hydrazine groups is 1. The van der Waals surface area contributed by atoms with Crippen LogP contribution in [0, 0.1) is 5.82 Å². The van der Waals surface area contributed by atoms with Crippen molar-refractivity contribution < 1.29 is 4.39 Å². The number of aromatic nitrogens is 3. The molecule has 0 fully saturated rings. The molecule has 2 rings (SSSR count). The molecular weight excluding hydrogens is 223 g/mol. The van der Waals surface area contributed by atoms with Gasteiger partial charge in [0.2, 0.25) is 5.95 Å². The first-order valence-electron chi connectivity index (χ1n) is 4.91. The zero-order valence-electron chi connectivity index (χ0n) is 8.89. The Bertz CT molecular complexity index is 489. The third-order valence-corrected chi connectivity index (χ3v) is 2.08. The van der Waals surface area contributed by atoms with Gasteiger partial charge in [0.05, 0.1) is 6.20 Å². The van der Waals surface area contributed by atoms with E-state index in [9.17, 15) is 4.39 Å². The lowest BCUT2D eigenvalue weighted by atomic mass is 10.3. The molecule has 0 spiro atoms. The van der Waals surface area contributed by atoms with Gasteiger partial charge in [-0.2, -0.15) is 4.98 Å². The molecular formula is C10H11FN6. The molecule has 0 bridgehead atoms. The zero-order valence-corrected chi connectivity index (χ0v) is 8.89. The first-order chi connectivity index (χ1) is 8.29. The van der Waals surface area contributed by atoms with Crippen LogP contribution in [0.1, 0.15) is 5.56 Å². The number of nitrogens with one attached hydrogen (secondary N) is 2. The molecule has 0 aliphatic carbocycles. The highest BCUT2D eigenvalue weighted by Gasteiger charge is 2.05. The summed E-state index contributed by atoms with van der Waals surface area (Å²) in [4.78, 5) is 11.4. The fourth-order valence-electron chi connectivity index (χ4n) is 1.25. The van der Waals surface area contributed by atoms with E-state index in [0.717, 1.165) is 11.8 Å². The molecule has 88 valence electrons. The summed E-state index contributed by atoms with van der Waals surface area (Å²) in [5, 5.41) is 2.85. The summed E-state index contributed by atoms with van der Waals surface area (Å²) in [7, 11) is 0. The van der Waals surface area contributed by atoms with E-state index >= 15 is 0 Å². The lowest BCUT2D eigenvalue weighted by Crippen LogP contribution is -2.13. The van der Waals surface area contributed by atoms with E-state index in [2.05, 4.69) is 25.7 Å². The van der Waals surface area contributed by atoms with Gasteiger partial charge in [0.1, 0.15) is 0 Å².